The number of nitrogens with one attached hydrogen (secondary N) is 2. The van der Waals surface area contributed by atoms with Crippen molar-refractivity contribution in [3.05, 3.63) is 41.5 Å². The lowest BCUT2D eigenvalue weighted by molar-refractivity contribution is 0.603. The second-order valence-electron chi connectivity index (χ2n) is 3.65. The molecule has 0 amide bonds. The molecule has 2 N–H and O–H groups in total. The Hall–Kier alpha value is -1.44. The second kappa shape index (κ2) is 5.47. The summed E-state index contributed by atoms with van der Waals surface area (Å²) >= 11 is 1.21. The van der Waals surface area contributed by atoms with Gasteiger partial charge in [0.25, 0.3) is 10.0 Å². The van der Waals surface area contributed by atoms with Gasteiger partial charge in [0.2, 0.25) is 0 Å². The van der Waals surface area contributed by atoms with Crippen LogP contribution in [0.4, 0.5) is 5.69 Å². The number of hydrogen-bond donors (Lipinski definition) is 2. The van der Waals surface area contributed by atoms with Gasteiger partial charge in [0.15, 0.2) is 0 Å². The Morgan fingerprint density at radius 1 is 1.33 bits per heavy atom. The van der Waals surface area contributed by atoms with Crippen molar-refractivity contribution in [3.8, 4) is 0 Å². The van der Waals surface area contributed by atoms with Gasteiger partial charge in [-0.05, 0) is 36.2 Å². The molecular weight excluding hydrogens is 270 g/mol. The molecule has 0 atom stereocenters. The number of thiophene rings is 1. The molecular formula is C11H13N3O2S2. The van der Waals surface area contributed by atoms with Crippen molar-refractivity contribution in [1.29, 1.82) is 0 Å². The summed E-state index contributed by atoms with van der Waals surface area (Å²) in [6, 6.07) is 4.89. The first-order chi connectivity index (χ1) is 8.62. The molecule has 0 aliphatic heterocycles. The molecule has 7 heteroatoms. The van der Waals surface area contributed by atoms with Gasteiger partial charge in [0.1, 0.15) is 4.21 Å². The molecule has 2 rings (SSSR count). The smallest absolute Gasteiger partial charge is 0.271 e. The van der Waals surface area contributed by atoms with E-state index in [-0.39, 0.29) is 0 Å². The van der Waals surface area contributed by atoms with E-state index in [9.17, 15) is 8.42 Å². The van der Waals surface area contributed by atoms with Crippen molar-refractivity contribution < 1.29 is 8.42 Å². The van der Waals surface area contributed by atoms with Gasteiger partial charge in [-0.25, -0.2) is 8.42 Å². The zero-order valence-electron chi connectivity index (χ0n) is 9.75. The second-order valence-corrected chi connectivity index (χ2v) is 6.47. The number of sulfonamides is 1. The molecule has 0 radical (unpaired) electrons. The third kappa shape index (κ3) is 3.06. The Balaban J connectivity index is 2.20. The van der Waals surface area contributed by atoms with E-state index >= 15 is 0 Å². The topological polar surface area (TPSA) is 71.1 Å². The summed E-state index contributed by atoms with van der Waals surface area (Å²) in [7, 11) is -1.68. The molecule has 0 saturated heterocycles. The molecule has 0 aromatic carbocycles. The highest BCUT2D eigenvalue weighted by Gasteiger charge is 2.16. The zero-order chi connectivity index (χ0) is 13.0. The van der Waals surface area contributed by atoms with Crippen molar-refractivity contribution in [2.45, 2.75) is 10.8 Å². The van der Waals surface area contributed by atoms with Gasteiger partial charge >= 0.3 is 0 Å². The fourth-order valence-electron chi connectivity index (χ4n) is 1.42. The van der Waals surface area contributed by atoms with Crippen LogP contribution in [0.5, 0.6) is 0 Å². The highest BCUT2D eigenvalue weighted by Crippen LogP contribution is 2.22. The first kappa shape index (κ1) is 13.0. The normalized spacial score (nSPS) is 11.4. The van der Waals surface area contributed by atoms with Crippen LogP contribution in [0.2, 0.25) is 0 Å². The quantitative estimate of drug-likeness (QED) is 0.875. The standard InChI is InChI=1S/C11H13N3O2S2/c1-12-7-9-6-11(17-8-9)18(15,16)14-10-2-4-13-5-3-10/h2-6,8,12H,7H2,1H3,(H,13,14). The summed E-state index contributed by atoms with van der Waals surface area (Å²) in [5, 5.41) is 4.81. The van der Waals surface area contributed by atoms with Crippen LogP contribution in [0.3, 0.4) is 0 Å². The van der Waals surface area contributed by atoms with E-state index in [4.69, 9.17) is 0 Å². The van der Waals surface area contributed by atoms with E-state index in [1.165, 1.54) is 11.3 Å². The number of hydrogen-bond acceptors (Lipinski definition) is 5. The molecule has 0 bridgehead atoms. The van der Waals surface area contributed by atoms with E-state index in [0.29, 0.717) is 16.4 Å². The van der Waals surface area contributed by atoms with Crippen LogP contribution in [0.25, 0.3) is 0 Å². The first-order valence-corrected chi connectivity index (χ1v) is 7.63. The van der Waals surface area contributed by atoms with Gasteiger partial charge in [-0.1, -0.05) is 0 Å². The highest BCUT2D eigenvalue weighted by atomic mass is 32.2. The predicted molar refractivity (Wildman–Crippen MR) is 72.1 cm³/mol. The maximum Gasteiger partial charge on any atom is 0.271 e. The maximum absolute atomic E-state index is 12.1. The van der Waals surface area contributed by atoms with Gasteiger partial charge < -0.3 is 5.32 Å². The average Bonchev–Trinajstić information content (AvgIpc) is 2.80. The monoisotopic (exact) mass is 283 g/mol. The van der Waals surface area contributed by atoms with E-state index < -0.39 is 10.0 Å². The molecule has 96 valence electrons. The van der Waals surface area contributed by atoms with Crippen molar-refractivity contribution in [2.75, 3.05) is 11.8 Å². The Morgan fingerprint density at radius 3 is 2.72 bits per heavy atom. The summed E-state index contributed by atoms with van der Waals surface area (Å²) in [5.41, 5.74) is 1.46. The van der Waals surface area contributed by atoms with E-state index in [2.05, 4.69) is 15.0 Å². The van der Waals surface area contributed by atoms with Gasteiger partial charge in [-0.3, -0.25) is 9.71 Å². The van der Waals surface area contributed by atoms with Gasteiger partial charge in [0.05, 0.1) is 5.69 Å². The third-order valence-corrected chi connectivity index (χ3v) is 5.08. The van der Waals surface area contributed by atoms with Crippen molar-refractivity contribution in [1.82, 2.24) is 10.3 Å². The number of anilines is 1. The molecule has 0 fully saturated rings. The van der Waals surface area contributed by atoms with Crippen molar-refractivity contribution in [3.63, 3.8) is 0 Å². The lowest BCUT2D eigenvalue weighted by Gasteiger charge is -2.04. The lowest BCUT2D eigenvalue weighted by Crippen LogP contribution is -2.11. The third-order valence-electron chi connectivity index (χ3n) is 2.21. The molecule has 2 heterocycles. The first-order valence-electron chi connectivity index (χ1n) is 5.26. The lowest BCUT2D eigenvalue weighted by atomic mass is 10.3. The molecule has 5 nitrogen and oxygen atoms in total. The number of nitrogens with zero attached hydrogens (tertiary/aromatic N) is 1. The minimum absolute atomic E-state index is 0.310. The Morgan fingerprint density at radius 2 is 2.06 bits per heavy atom. The van der Waals surface area contributed by atoms with Crippen LogP contribution in [-0.2, 0) is 16.6 Å². The molecule has 2 aromatic heterocycles. The average molecular weight is 283 g/mol. The van der Waals surface area contributed by atoms with Crippen molar-refractivity contribution >= 4 is 27.0 Å². The summed E-state index contributed by atoms with van der Waals surface area (Å²) < 4.78 is 27.0. The fraction of sp³-hybridized carbons (Fsp3) is 0.182. The highest BCUT2D eigenvalue weighted by molar-refractivity contribution is 7.94. The van der Waals surface area contributed by atoms with Crippen LogP contribution in [0.15, 0.2) is 40.2 Å². The molecule has 0 aliphatic carbocycles. The van der Waals surface area contributed by atoms with Gasteiger partial charge in [-0.2, -0.15) is 0 Å². The van der Waals surface area contributed by atoms with Gasteiger partial charge in [-0.15, -0.1) is 11.3 Å². The maximum atomic E-state index is 12.1. The molecule has 18 heavy (non-hydrogen) atoms. The van der Waals surface area contributed by atoms with E-state index in [1.807, 2.05) is 12.4 Å². The number of aromatic nitrogens is 1. The Kier molecular flexibility index (Phi) is 3.95. The molecule has 0 aliphatic rings. The molecule has 0 unspecified atom stereocenters. The summed E-state index contributed by atoms with van der Waals surface area (Å²) in [4.78, 5) is 3.84. The van der Waals surface area contributed by atoms with Gasteiger partial charge in [0, 0.05) is 18.9 Å². The summed E-state index contributed by atoms with van der Waals surface area (Å²) in [6.45, 7) is 0.654. The summed E-state index contributed by atoms with van der Waals surface area (Å²) in [5.74, 6) is 0. The zero-order valence-corrected chi connectivity index (χ0v) is 11.4. The largest absolute Gasteiger partial charge is 0.316 e. The number of pyridine rings is 1. The molecule has 2 aromatic rings. The SMILES string of the molecule is CNCc1csc(S(=O)(=O)Nc2ccncc2)c1. The predicted octanol–water partition coefficient (Wildman–Crippen LogP) is 1.66. The van der Waals surface area contributed by atoms with Crippen LogP contribution in [0, 0.1) is 0 Å². The van der Waals surface area contributed by atoms with Crippen LogP contribution >= 0.6 is 11.3 Å². The Bertz CT molecular complexity index is 608. The Labute approximate surface area is 110 Å². The number of rotatable bonds is 5. The molecule has 0 saturated carbocycles. The minimum Gasteiger partial charge on any atom is -0.316 e. The minimum atomic E-state index is -3.50. The fourth-order valence-corrected chi connectivity index (χ4v) is 3.68. The van der Waals surface area contributed by atoms with E-state index in [1.54, 1.807) is 30.6 Å². The summed E-state index contributed by atoms with van der Waals surface area (Å²) in [6.07, 6.45) is 3.08. The van der Waals surface area contributed by atoms with Crippen LogP contribution < -0.4 is 10.0 Å². The van der Waals surface area contributed by atoms with E-state index in [0.717, 1.165) is 5.56 Å². The van der Waals surface area contributed by atoms with Crippen LogP contribution in [0.1, 0.15) is 5.56 Å². The van der Waals surface area contributed by atoms with Crippen LogP contribution in [-0.4, -0.2) is 20.4 Å². The molecule has 0 spiro atoms. The van der Waals surface area contributed by atoms with Crippen molar-refractivity contribution in [2.24, 2.45) is 0 Å².